The molecule has 1 aliphatic heterocycles. The van der Waals surface area contributed by atoms with Crippen molar-refractivity contribution in [2.75, 3.05) is 45.3 Å². The standard InChI is InChI=1S/C17H20BrN3O4S/c1-24-14-12-16(15(25-2)11-13(14)18)26(22,23)21-9-7-20(8-10-21)17-5-3-4-6-19-17/h3-6,11-12H,7-10H2,1-2H3. The van der Waals surface area contributed by atoms with Crippen LogP contribution in [0.2, 0.25) is 0 Å². The molecule has 3 rings (SSSR count). The number of piperazine rings is 1. The summed E-state index contributed by atoms with van der Waals surface area (Å²) in [5, 5.41) is 0. The van der Waals surface area contributed by atoms with Crippen LogP contribution in [0, 0.1) is 0 Å². The molecule has 7 nitrogen and oxygen atoms in total. The third-order valence-corrected chi connectivity index (χ3v) is 6.81. The molecule has 0 spiro atoms. The molecule has 1 fully saturated rings. The van der Waals surface area contributed by atoms with Crippen molar-refractivity contribution in [2.45, 2.75) is 4.90 Å². The molecule has 1 aliphatic rings. The van der Waals surface area contributed by atoms with Crippen LogP contribution in [0.4, 0.5) is 5.82 Å². The number of pyridine rings is 1. The number of methoxy groups -OCH3 is 2. The SMILES string of the molecule is COc1cc(S(=O)(=O)N2CCN(c3ccccn3)CC2)c(OC)cc1Br. The quantitative estimate of drug-likeness (QED) is 0.708. The van der Waals surface area contributed by atoms with Crippen molar-refractivity contribution < 1.29 is 17.9 Å². The number of nitrogens with zero attached hydrogens (tertiary/aromatic N) is 3. The molecule has 1 aromatic carbocycles. The van der Waals surface area contributed by atoms with Crippen molar-refractivity contribution in [3.63, 3.8) is 0 Å². The zero-order chi connectivity index (χ0) is 18.7. The van der Waals surface area contributed by atoms with Gasteiger partial charge in [-0.15, -0.1) is 0 Å². The molecule has 1 saturated heterocycles. The first kappa shape index (κ1) is 18.9. The average Bonchev–Trinajstić information content (AvgIpc) is 2.68. The molecular weight excluding hydrogens is 422 g/mol. The maximum Gasteiger partial charge on any atom is 0.247 e. The van der Waals surface area contributed by atoms with Gasteiger partial charge in [0.15, 0.2) is 0 Å². The van der Waals surface area contributed by atoms with Crippen LogP contribution in [0.5, 0.6) is 11.5 Å². The lowest BCUT2D eigenvalue weighted by atomic mass is 10.3. The van der Waals surface area contributed by atoms with Crippen molar-refractivity contribution in [3.05, 3.63) is 41.0 Å². The highest BCUT2D eigenvalue weighted by Crippen LogP contribution is 2.36. The fourth-order valence-electron chi connectivity index (χ4n) is 2.87. The van der Waals surface area contributed by atoms with Gasteiger partial charge in [-0.25, -0.2) is 13.4 Å². The van der Waals surface area contributed by atoms with Gasteiger partial charge in [-0.3, -0.25) is 0 Å². The van der Waals surface area contributed by atoms with E-state index in [1.165, 1.54) is 24.6 Å². The highest BCUT2D eigenvalue weighted by atomic mass is 79.9. The Morgan fingerprint density at radius 2 is 1.73 bits per heavy atom. The van der Waals surface area contributed by atoms with E-state index in [1.807, 2.05) is 18.2 Å². The Labute approximate surface area is 161 Å². The average molecular weight is 442 g/mol. The molecule has 140 valence electrons. The molecule has 0 bridgehead atoms. The largest absolute Gasteiger partial charge is 0.496 e. The van der Waals surface area contributed by atoms with Crippen LogP contribution in [-0.4, -0.2) is 58.1 Å². The third kappa shape index (κ3) is 3.65. The molecule has 0 N–H and O–H groups in total. The topological polar surface area (TPSA) is 72.0 Å². The van der Waals surface area contributed by atoms with Crippen molar-refractivity contribution in [3.8, 4) is 11.5 Å². The summed E-state index contributed by atoms with van der Waals surface area (Å²) in [4.78, 5) is 6.50. The van der Waals surface area contributed by atoms with Crippen LogP contribution >= 0.6 is 15.9 Å². The molecule has 0 amide bonds. The summed E-state index contributed by atoms with van der Waals surface area (Å²) >= 11 is 3.35. The molecule has 0 atom stereocenters. The van der Waals surface area contributed by atoms with Gasteiger partial charge in [0, 0.05) is 38.4 Å². The number of benzene rings is 1. The molecule has 0 aliphatic carbocycles. The van der Waals surface area contributed by atoms with Gasteiger partial charge < -0.3 is 14.4 Å². The smallest absolute Gasteiger partial charge is 0.247 e. The summed E-state index contributed by atoms with van der Waals surface area (Å²) in [6.45, 7) is 1.90. The monoisotopic (exact) mass is 441 g/mol. The van der Waals surface area contributed by atoms with Gasteiger partial charge in [-0.2, -0.15) is 4.31 Å². The molecule has 26 heavy (non-hydrogen) atoms. The van der Waals surface area contributed by atoms with Gasteiger partial charge in [0.25, 0.3) is 0 Å². The Balaban J connectivity index is 1.84. The zero-order valence-corrected chi connectivity index (χ0v) is 17.0. The summed E-state index contributed by atoms with van der Waals surface area (Å²) < 4.78 is 38.9. The molecule has 0 unspecified atom stereocenters. The molecule has 0 radical (unpaired) electrons. The predicted octanol–water partition coefficient (Wildman–Crippen LogP) is 2.37. The van der Waals surface area contributed by atoms with E-state index >= 15 is 0 Å². The van der Waals surface area contributed by atoms with E-state index < -0.39 is 10.0 Å². The van der Waals surface area contributed by atoms with E-state index in [0.717, 1.165) is 5.82 Å². The predicted molar refractivity (Wildman–Crippen MR) is 102 cm³/mol. The van der Waals surface area contributed by atoms with E-state index in [-0.39, 0.29) is 10.6 Å². The number of hydrogen-bond acceptors (Lipinski definition) is 6. The third-order valence-electron chi connectivity index (χ3n) is 4.27. The van der Waals surface area contributed by atoms with Crippen molar-refractivity contribution in [2.24, 2.45) is 0 Å². The van der Waals surface area contributed by atoms with Gasteiger partial charge in [0.2, 0.25) is 10.0 Å². The minimum atomic E-state index is -3.70. The van der Waals surface area contributed by atoms with Crippen molar-refractivity contribution >= 4 is 31.8 Å². The van der Waals surface area contributed by atoms with Gasteiger partial charge >= 0.3 is 0 Å². The van der Waals surface area contributed by atoms with E-state index in [1.54, 1.807) is 12.3 Å². The first-order chi connectivity index (χ1) is 12.5. The minimum Gasteiger partial charge on any atom is -0.496 e. The van der Waals surface area contributed by atoms with E-state index in [9.17, 15) is 8.42 Å². The first-order valence-corrected chi connectivity index (χ1v) is 10.3. The molecule has 2 heterocycles. The van der Waals surface area contributed by atoms with Crippen LogP contribution in [0.3, 0.4) is 0 Å². The second-order valence-electron chi connectivity index (χ2n) is 5.72. The number of sulfonamides is 1. The van der Waals surface area contributed by atoms with Crippen molar-refractivity contribution in [1.29, 1.82) is 0 Å². The maximum atomic E-state index is 13.1. The summed E-state index contributed by atoms with van der Waals surface area (Å²) in [7, 11) is -0.754. The lowest BCUT2D eigenvalue weighted by molar-refractivity contribution is 0.369. The van der Waals surface area contributed by atoms with Gasteiger partial charge in [0.05, 0.1) is 18.7 Å². The highest BCUT2D eigenvalue weighted by molar-refractivity contribution is 9.10. The van der Waals surface area contributed by atoms with Gasteiger partial charge in [-0.1, -0.05) is 6.07 Å². The first-order valence-electron chi connectivity index (χ1n) is 8.05. The number of ether oxygens (including phenoxy) is 2. The molecule has 2 aromatic rings. The number of rotatable bonds is 5. The second kappa shape index (κ2) is 7.81. The Bertz CT molecular complexity index is 869. The van der Waals surface area contributed by atoms with E-state index in [4.69, 9.17) is 9.47 Å². The number of halogens is 1. The Morgan fingerprint density at radius 3 is 2.31 bits per heavy atom. The Hall–Kier alpha value is -1.84. The van der Waals surface area contributed by atoms with E-state index in [0.29, 0.717) is 36.4 Å². The fraction of sp³-hybridized carbons (Fsp3) is 0.353. The summed E-state index contributed by atoms with van der Waals surface area (Å²) in [6.07, 6.45) is 1.73. The molecular formula is C17H20BrN3O4S. The second-order valence-corrected chi connectivity index (χ2v) is 8.48. The number of hydrogen-bond donors (Lipinski definition) is 0. The van der Waals surface area contributed by atoms with Crippen LogP contribution in [0.25, 0.3) is 0 Å². The number of anilines is 1. The molecule has 1 aromatic heterocycles. The number of aromatic nitrogens is 1. The zero-order valence-electron chi connectivity index (χ0n) is 14.6. The molecule has 9 heteroatoms. The van der Waals surface area contributed by atoms with E-state index in [2.05, 4.69) is 25.8 Å². The van der Waals surface area contributed by atoms with Crippen LogP contribution in [0.1, 0.15) is 0 Å². The van der Waals surface area contributed by atoms with Crippen LogP contribution in [-0.2, 0) is 10.0 Å². The van der Waals surface area contributed by atoms with Gasteiger partial charge in [0.1, 0.15) is 22.2 Å². The Morgan fingerprint density at radius 1 is 1.04 bits per heavy atom. The normalized spacial score (nSPS) is 15.7. The van der Waals surface area contributed by atoms with Crippen LogP contribution < -0.4 is 14.4 Å². The van der Waals surface area contributed by atoms with Crippen LogP contribution in [0.15, 0.2) is 45.9 Å². The minimum absolute atomic E-state index is 0.103. The summed E-state index contributed by atoms with van der Waals surface area (Å²) in [6, 6.07) is 8.80. The fourth-order valence-corrected chi connectivity index (χ4v) is 4.93. The highest BCUT2D eigenvalue weighted by Gasteiger charge is 2.32. The van der Waals surface area contributed by atoms with Gasteiger partial charge in [-0.05, 0) is 34.1 Å². The summed E-state index contributed by atoms with van der Waals surface area (Å²) in [5.41, 5.74) is 0. The molecule has 0 saturated carbocycles. The maximum absolute atomic E-state index is 13.1. The van der Waals surface area contributed by atoms with Crippen molar-refractivity contribution in [1.82, 2.24) is 9.29 Å². The Kier molecular flexibility index (Phi) is 5.69. The summed E-state index contributed by atoms with van der Waals surface area (Å²) in [5.74, 6) is 1.58. The lowest BCUT2D eigenvalue weighted by Gasteiger charge is -2.34. The lowest BCUT2D eigenvalue weighted by Crippen LogP contribution is -2.48.